The quantitative estimate of drug-likeness (QED) is 0.628. The van der Waals surface area contributed by atoms with Gasteiger partial charge in [0.05, 0.1) is 23.9 Å². The number of ether oxygens (including phenoxy) is 1. The normalized spacial score (nSPS) is 13.6. The van der Waals surface area contributed by atoms with Crippen LogP contribution in [0.5, 0.6) is 0 Å². The number of carbonyl (C=O) groups is 1. The lowest BCUT2D eigenvalue weighted by Crippen LogP contribution is -2.27. The summed E-state index contributed by atoms with van der Waals surface area (Å²) in [6, 6.07) is 7.39. The Morgan fingerprint density at radius 2 is 2.13 bits per heavy atom. The van der Waals surface area contributed by atoms with Crippen LogP contribution in [0.25, 0.3) is 10.9 Å². The fraction of sp³-hybridized carbons (Fsp3) is 0.409. The Kier molecular flexibility index (Phi) is 6.99. The molecule has 2 N–H and O–H groups in total. The second-order valence-corrected chi connectivity index (χ2v) is 7.32. The molecular weight excluding hydrogens is 387 g/mol. The standard InChI is InChI=1S/C12H14N2.C10H13FN2O3/c1-14-12-10(8-13-14)6-3-7-11(12)9-4-2-5-9;1-2-16-4-3-13-6-7(9(12)14)5-8(11)10(13)15/h3,6-9H,2,4-5H2,1H3;5-6H,2-4H2,1H3,(H2,12,14). The zero-order valence-corrected chi connectivity index (χ0v) is 17.3. The number of benzene rings is 1. The average molecular weight is 414 g/mol. The zero-order chi connectivity index (χ0) is 21.7. The van der Waals surface area contributed by atoms with Crippen LogP contribution in [0.2, 0.25) is 0 Å². The van der Waals surface area contributed by atoms with Gasteiger partial charge in [-0.25, -0.2) is 4.39 Å². The molecule has 0 atom stereocenters. The van der Waals surface area contributed by atoms with Crippen molar-refractivity contribution in [2.75, 3.05) is 13.2 Å². The monoisotopic (exact) mass is 414 g/mol. The van der Waals surface area contributed by atoms with E-state index in [1.165, 1.54) is 41.9 Å². The second-order valence-electron chi connectivity index (χ2n) is 7.32. The largest absolute Gasteiger partial charge is 0.380 e. The van der Waals surface area contributed by atoms with Gasteiger partial charge in [-0.3, -0.25) is 14.3 Å². The summed E-state index contributed by atoms with van der Waals surface area (Å²) in [4.78, 5) is 22.2. The molecule has 1 saturated carbocycles. The number of hydrogen-bond acceptors (Lipinski definition) is 4. The van der Waals surface area contributed by atoms with Crippen molar-refractivity contribution in [2.45, 2.75) is 38.6 Å². The molecule has 4 rings (SSSR count). The molecule has 0 saturated heterocycles. The third-order valence-corrected chi connectivity index (χ3v) is 5.34. The van der Waals surface area contributed by atoms with Gasteiger partial charge in [-0.05, 0) is 37.3 Å². The predicted octanol–water partition coefficient (Wildman–Crippen LogP) is 2.96. The summed E-state index contributed by atoms with van der Waals surface area (Å²) in [7, 11) is 2.03. The highest BCUT2D eigenvalue weighted by molar-refractivity contribution is 5.92. The summed E-state index contributed by atoms with van der Waals surface area (Å²) >= 11 is 0. The molecule has 0 aliphatic heterocycles. The third kappa shape index (κ3) is 4.76. The summed E-state index contributed by atoms with van der Waals surface area (Å²) in [5, 5.41) is 5.59. The summed E-state index contributed by atoms with van der Waals surface area (Å²) in [5.41, 5.74) is 7.01. The van der Waals surface area contributed by atoms with E-state index in [-0.39, 0.29) is 18.7 Å². The van der Waals surface area contributed by atoms with Gasteiger partial charge in [-0.1, -0.05) is 24.6 Å². The molecule has 0 unspecified atom stereocenters. The Morgan fingerprint density at radius 3 is 2.77 bits per heavy atom. The predicted molar refractivity (Wildman–Crippen MR) is 113 cm³/mol. The molecule has 0 spiro atoms. The van der Waals surface area contributed by atoms with Gasteiger partial charge < -0.3 is 15.0 Å². The SMILES string of the molecule is CCOCCn1cc(C(N)=O)cc(F)c1=O.Cn1ncc2cccc(C3CCC3)c21. The molecule has 1 aliphatic rings. The van der Waals surface area contributed by atoms with Crippen LogP contribution in [0, 0.1) is 5.82 Å². The number of primary amides is 1. The maximum Gasteiger partial charge on any atom is 0.286 e. The molecule has 0 bridgehead atoms. The van der Waals surface area contributed by atoms with Crippen molar-refractivity contribution in [3.8, 4) is 0 Å². The van der Waals surface area contributed by atoms with Crippen LogP contribution >= 0.6 is 0 Å². The van der Waals surface area contributed by atoms with Gasteiger partial charge in [0.15, 0.2) is 5.82 Å². The minimum Gasteiger partial charge on any atom is -0.380 e. The molecule has 2 aromatic heterocycles. The fourth-order valence-corrected chi connectivity index (χ4v) is 3.52. The summed E-state index contributed by atoms with van der Waals surface area (Å²) in [6.45, 7) is 2.78. The zero-order valence-electron chi connectivity index (χ0n) is 17.3. The highest BCUT2D eigenvalue weighted by atomic mass is 19.1. The molecule has 7 nitrogen and oxygen atoms in total. The average Bonchev–Trinajstić information content (AvgIpc) is 3.06. The number of fused-ring (bicyclic) bond motifs is 1. The third-order valence-electron chi connectivity index (χ3n) is 5.34. The minimum atomic E-state index is -0.993. The van der Waals surface area contributed by atoms with Crippen LogP contribution < -0.4 is 11.3 Å². The first kappa shape index (κ1) is 21.7. The van der Waals surface area contributed by atoms with E-state index in [1.807, 2.05) is 24.9 Å². The highest BCUT2D eigenvalue weighted by Crippen LogP contribution is 2.39. The number of nitrogens with two attached hydrogens (primary N) is 1. The van der Waals surface area contributed by atoms with E-state index in [1.54, 1.807) is 0 Å². The van der Waals surface area contributed by atoms with Gasteiger partial charge in [-0.15, -0.1) is 0 Å². The maximum atomic E-state index is 13.1. The van der Waals surface area contributed by atoms with Crippen LogP contribution in [0.4, 0.5) is 4.39 Å². The first-order valence-corrected chi connectivity index (χ1v) is 10.1. The van der Waals surface area contributed by atoms with Gasteiger partial charge in [0, 0.05) is 31.8 Å². The molecule has 1 amide bonds. The molecule has 1 fully saturated rings. The number of para-hydroxylation sites is 1. The van der Waals surface area contributed by atoms with E-state index in [4.69, 9.17) is 10.5 Å². The number of aryl methyl sites for hydroxylation is 1. The lowest BCUT2D eigenvalue weighted by atomic mass is 9.79. The smallest absolute Gasteiger partial charge is 0.286 e. The van der Waals surface area contributed by atoms with Crippen LogP contribution in [-0.4, -0.2) is 33.5 Å². The van der Waals surface area contributed by atoms with Crippen molar-refractivity contribution < 1.29 is 13.9 Å². The molecule has 1 aromatic carbocycles. The molecular formula is C22H27FN4O3. The number of hydrogen-bond donors (Lipinski definition) is 1. The van der Waals surface area contributed by atoms with Gasteiger partial charge in [0.25, 0.3) is 5.56 Å². The number of aromatic nitrogens is 3. The van der Waals surface area contributed by atoms with Gasteiger partial charge in [0.1, 0.15) is 0 Å². The second kappa shape index (κ2) is 9.67. The van der Waals surface area contributed by atoms with Crippen molar-refractivity contribution in [3.05, 3.63) is 64.0 Å². The first-order chi connectivity index (χ1) is 14.4. The topological polar surface area (TPSA) is 92.1 Å². The van der Waals surface area contributed by atoms with Crippen LogP contribution in [0.3, 0.4) is 0 Å². The highest BCUT2D eigenvalue weighted by Gasteiger charge is 2.22. The van der Waals surface area contributed by atoms with E-state index in [2.05, 4.69) is 23.3 Å². The lowest BCUT2D eigenvalue weighted by molar-refractivity contribution is 0.0998. The van der Waals surface area contributed by atoms with Crippen LogP contribution in [0.15, 0.2) is 41.5 Å². The number of rotatable bonds is 6. The number of nitrogens with zero attached hydrogens (tertiary/aromatic N) is 3. The van der Waals surface area contributed by atoms with Crippen molar-refractivity contribution in [3.63, 3.8) is 0 Å². The Balaban J connectivity index is 0.000000171. The summed E-state index contributed by atoms with van der Waals surface area (Å²) < 4.78 is 21.2. The molecule has 2 heterocycles. The van der Waals surface area contributed by atoms with E-state index in [9.17, 15) is 14.0 Å². The fourth-order valence-electron chi connectivity index (χ4n) is 3.52. The van der Waals surface area contributed by atoms with Crippen molar-refractivity contribution >= 4 is 16.8 Å². The van der Waals surface area contributed by atoms with Gasteiger partial charge >= 0.3 is 0 Å². The molecule has 30 heavy (non-hydrogen) atoms. The number of halogens is 1. The van der Waals surface area contributed by atoms with E-state index >= 15 is 0 Å². The Labute approximate surface area is 174 Å². The maximum absolute atomic E-state index is 13.1. The molecule has 8 heteroatoms. The Morgan fingerprint density at radius 1 is 1.37 bits per heavy atom. The van der Waals surface area contributed by atoms with Crippen LogP contribution in [0.1, 0.15) is 48.0 Å². The first-order valence-electron chi connectivity index (χ1n) is 10.1. The molecule has 160 valence electrons. The van der Waals surface area contributed by atoms with E-state index in [0.717, 1.165) is 16.6 Å². The van der Waals surface area contributed by atoms with E-state index < -0.39 is 17.3 Å². The van der Waals surface area contributed by atoms with Gasteiger partial charge in [-0.2, -0.15) is 5.10 Å². The van der Waals surface area contributed by atoms with Crippen molar-refractivity contribution in [2.24, 2.45) is 12.8 Å². The number of pyridine rings is 1. The Hall–Kier alpha value is -3.00. The van der Waals surface area contributed by atoms with Gasteiger partial charge in [0.2, 0.25) is 5.91 Å². The van der Waals surface area contributed by atoms with Crippen molar-refractivity contribution in [1.29, 1.82) is 0 Å². The molecule has 0 radical (unpaired) electrons. The van der Waals surface area contributed by atoms with Crippen molar-refractivity contribution in [1.82, 2.24) is 14.3 Å². The summed E-state index contributed by atoms with van der Waals surface area (Å²) in [5.74, 6) is -0.981. The Bertz CT molecular complexity index is 1090. The molecule has 1 aliphatic carbocycles. The number of carbonyl (C=O) groups excluding carboxylic acids is 1. The number of amides is 1. The minimum absolute atomic E-state index is 0.0337. The molecule has 3 aromatic rings. The van der Waals surface area contributed by atoms with E-state index in [0.29, 0.717) is 6.61 Å². The lowest BCUT2D eigenvalue weighted by Gasteiger charge is -2.26. The van der Waals surface area contributed by atoms with Crippen LogP contribution in [-0.2, 0) is 18.3 Å². The summed E-state index contributed by atoms with van der Waals surface area (Å²) in [6.07, 6.45) is 7.28.